The van der Waals surface area contributed by atoms with Gasteiger partial charge in [-0.05, 0) is 23.5 Å². The second-order valence-electron chi connectivity index (χ2n) is 6.00. The van der Waals surface area contributed by atoms with E-state index < -0.39 is 0 Å². The summed E-state index contributed by atoms with van der Waals surface area (Å²) in [6.45, 7) is 0. The van der Waals surface area contributed by atoms with E-state index >= 15 is 0 Å². The fraction of sp³-hybridized carbons (Fsp3) is 0.368. The fourth-order valence-electron chi connectivity index (χ4n) is 3.26. The molecule has 1 saturated carbocycles. The highest BCUT2D eigenvalue weighted by atomic mass is 14.7. The van der Waals surface area contributed by atoms with E-state index in [1.807, 2.05) is 0 Å². The van der Waals surface area contributed by atoms with E-state index in [4.69, 9.17) is 5.73 Å². The molecule has 1 aliphatic carbocycles. The fourth-order valence-corrected chi connectivity index (χ4v) is 3.26. The SMILES string of the molecule is NC(CC1CCC1)C(c1ccccc1)c1ccccc1. The molecule has 0 heterocycles. The highest BCUT2D eigenvalue weighted by Gasteiger charge is 2.27. The van der Waals surface area contributed by atoms with Crippen LogP contribution in [0.25, 0.3) is 0 Å². The van der Waals surface area contributed by atoms with Crippen LogP contribution >= 0.6 is 0 Å². The molecular formula is C19H23N. The summed E-state index contributed by atoms with van der Waals surface area (Å²) in [5.41, 5.74) is 9.27. The Labute approximate surface area is 121 Å². The van der Waals surface area contributed by atoms with Crippen molar-refractivity contribution in [1.29, 1.82) is 0 Å². The van der Waals surface area contributed by atoms with Gasteiger partial charge in [0.25, 0.3) is 0 Å². The van der Waals surface area contributed by atoms with Crippen LogP contribution in [0.1, 0.15) is 42.7 Å². The Balaban J connectivity index is 1.86. The normalized spacial score (nSPS) is 16.9. The first-order valence-electron chi connectivity index (χ1n) is 7.70. The van der Waals surface area contributed by atoms with Gasteiger partial charge in [0.05, 0.1) is 0 Å². The molecule has 1 heteroatoms. The monoisotopic (exact) mass is 265 g/mol. The lowest BCUT2D eigenvalue weighted by molar-refractivity contribution is 0.269. The zero-order valence-corrected chi connectivity index (χ0v) is 11.9. The van der Waals surface area contributed by atoms with Crippen LogP contribution in [-0.4, -0.2) is 6.04 Å². The Morgan fingerprint density at radius 2 is 1.35 bits per heavy atom. The van der Waals surface area contributed by atoms with Crippen LogP contribution in [0.15, 0.2) is 60.7 Å². The molecule has 1 unspecified atom stereocenters. The maximum Gasteiger partial charge on any atom is 0.0241 e. The molecule has 0 saturated heterocycles. The molecule has 0 amide bonds. The van der Waals surface area contributed by atoms with Gasteiger partial charge >= 0.3 is 0 Å². The summed E-state index contributed by atoms with van der Waals surface area (Å²) in [4.78, 5) is 0. The van der Waals surface area contributed by atoms with Gasteiger partial charge in [0, 0.05) is 12.0 Å². The van der Waals surface area contributed by atoms with Crippen LogP contribution in [0.3, 0.4) is 0 Å². The minimum atomic E-state index is 0.213. The molecule has 0 spiro atoms. The van der Waals surface area contributed by atoms with E-state index in [1.165, 1.54) is 30.4 Å². The van der Waals surface area contributed by atoms with Crippen LogP contribution in [0.4, 0.5) is 0 Å². The van der Waals surface area contributed by atoms with E-state index in [0.717, 1.165) is 12.3 Å². The van der Waals surface area contributed by atoms with Gasteiger partial charge in [0.15, 0.2) is 0 Å². The van der Waals surface area contributed by atoms with Crippen molar-refractivity contribution in [3.8, 4) is 0 Å². The predicted molar refractivity (Wildman–Crippen MR) is 84.7 cm³/mol. The summed E-state index contributed by atoms with van der Waals surface area (Å²) < 4.78 is 0. The molecule has 2 aromatic carbocycles. The van der Waals surface area contributed by atoms with Crippen LogP contribution in [0, 0.1) is 5.92 Å². The Morgan fingerprint density at radius 1 is 0.850 bits per heavy atom. The topological polar surface area (TPSA) is 26.0 Å². The maximum atomic E-state index is 6.59. The minimum Gasteiger partial charge on any atom is -0.327 e. The summed E-state index contributed by atoms with van der Waals surface area (Å²) in [5.74, 6) is 1.16. The first-order chi connectivity index (χ1) is 9.84. The van der Waals surface area contributed by atoms with Crippen LogP contribution in [0.2, 0.25) is 0 Å². The van der Waals surface area contributed by atoms with Gasteiger partial charge < -0.3 is 5.73 Å². The molecule has 1 nitrogen and oxygen atoms in total. The average molecular weight is 265 g/mol. The van der Waals surface area contributed by atoms with Crippen molar-refractivity contribution in [2.75, 3.05) is 0 Å². The number of hydrogen-bond donors (Lipinski definition) is 1. The van der Waals surface area contributed by atoms with Crippen molar-refractivity contribution < 1.29 is 0 Å². The number of nitrogens with two attached hydrogens (primary N) is 1. The lowest BCUT2D eigenvalue weighted by Gasteiger charge is -2.32. The summed E-state index contributed by atoms with van der Waals surface area (Å²) in [6, 6.07) is 21.6. The van der Waals surface area contributed by atoms with Gasteiger partial charge in [-0.15, -0.1) is 0 Å². The van der Waals surface area contributed by atoms with E-state index in [0.29, 0.717) is 5.92 Å². The third-order valence-corrected chi connectivity index (χ3v) is 4.58. The number of benzene rings is 2. The van der Waals surface area contributed by atoms with Crippen LogP contribution in [0.5, 0.6) is 0 Å². The zero-order chi connectivity index (χ0) is 13.8. The van der Waals surface area contributed by atoms with Crippen molar-refractivity contribution >= 4 is 0 Å². The minimum absolute atomic E-state index is 0.213. The molecular weight excluding hydrogens is 242 g/mol. The average Bonchev–Trinajstić information content (AvgIpc) is 2.46. The molecule has 3 rings (SSSR count). The third-order valence-electron chi connectivity index (χ3n) is 4.58. The predicted octanol–water partition coefficient (Wildman–Crippen LogP) is 4.34. The molecule has 0 aliphatic heterocycles. The summed E-state index contributed by atoms with van der Waals surface area (Å²) in [7, 11) is 0. The molecule has 0 bridgehead atoms. The summed E-state index contributed by atoms with van der Waals surface area (Å²) in [5, 5.41) is 0. The van der Waals surface area contributed by atoms with Gasteiger partial charge in [-0.2, -0.15) is 0 Å². The van der Waals surface area contributed by atoms with Gasteiger partial charge in [0.2, 0.25) is 0 Å². The molecule has 0 radical (unpaired) electrons. The summed E-state index contributed by atoms with van der Waals surface area (Å²) >= 11 is 0. The highest BCUT2D eigenvalue weighted by molar-refractivity contribution is 5.34. The third kappa shape index (κ3) is 2.94. The van der Waals surface area contributed by atoms with Crippen LogP contribution in [-0.2, 0) is 0 Å². The first kappa shape index (κ1) is 13.4. The van der Waals surface area contributed by atoms with Crippen molar-refractivity contribution in [1.82, 2.24) is 0 Å². The Hall–Kier alpha value is -1.60. The first-order valence-corrected chi connectivity index (χ1v) is 7.70. The number of rotatable bonds is 5. The van der Waals surface area contributed by atoms with E-state index in [-0.39, 0.29) is 6.04 Å². The highest BCUT2D eigenvalue weighted by Crippen LogP contribution is 2.35. The standard InChI is InChI=1S/C19H23N/c20-18(14-15-8-7-9-15)19(16-10-3-1-4-11-16)17-12-5-2-6-13-17/h1-6,10-13,15,18-19H,7-9,14,20H2. The smallest absolute Gasteiger partial charge is 0.0241 e. The molecule has 1 aliphatic rings. The van der Waals surface area contributed by atoms with E-state index in [2.05, 4.69) is 60.7 Å². The largest absolute Gasteiger partial charge is 0.327 e. The summed E-state index contributed by atoms with van der Waals surface area (Å²) in [6.07, 6.45) is 5.27. The van der Waals surface area contributed by atoms with Gasteiger partial charge in [-0.25, -0.2) is 0 Å². The Kier molecular flexibility index (Phi) is 4.17. The molecule has 0 aromatic heterocycles. The second-order valence-corrected chi connectivity index (χ2v) is 6.00. The quantitative estimate of drug-likeness (QED) is 0.855. The van der Waals surface area contributed by atoms with Crippen molar-refractivity contribution in [2.24, 2.45) is 11.7 Å². The molecule has 20 heavy (non-hydrogen) atoms. The van der Waals surface area contributed by atoms with Crippen molar-refractivity contribution in [3.63, 3.8) is 0 Å². The Morgan fingerprint density at radius 3 is 1.75 bits per heavy atom. The Bertz CT molecular complexity index is 476. The van der Waals surface area contributed by atoms with Gasteiger partial charge in [0.1, 0.15) is 0 Å². The molecule has 2 N–H and O–H groups in total. The number of hydrogen-bond acceptors (Lipinski definition) is 1. The second kappa shape index (κ2) is 6.23. The van der Waals surface area contributed by atoms with Gasteiger partial charge in [-0.3, -0.25) is 0 Å². The van der Waals surface area contributed by atoms with Crippen molar-refractivity contribution in [3.05, 3.63) is 71.8 Å². The zero-order valence-electron chi connectivity index (χ0n) is 11.9. The lowest BCUT2D eigenvalue weighted by atomic mass is 9.75. The maximum absolute atomic E-state index is 6.59. The molecule has 1 atom stereocenters. The molecule has 1 fully saturated rings. The van der Waals surface area contributed by atoms with Crippen LogP contribution < -0.4 is 5.73 Å². The molecule has 2 aromatic rings. The van der Waals surface area contributed by atoms with Gasteiger partial charge in [-0.1, -0.05) is 79.9 Å². The van der Waals surface area contributed by atoms with E-state index in [9.17, 15) is 0 Å². The molecule has 104 valence electrons. The lowest BCUT2D eigenvalue weighted by Crippen LogP contribution is -2.33. The van der Waals surface area contributed by atoms with E-state index in [1.54, 1.807) is 0 Å². The van der Waals surface area contributed by atoms with Crippen molar-refractivity contribution in [2.45, 2.75) is 37.6 Å².